The molecule has 0 bridgehead atoms. The highest BCUT2D eigenvalue weighted by Gasteiger charge is 2.31. The van der Waals surface area contributed by atoms with Gasteiger partial charge in [-0.05, 0) is 29.3 Å². The van der Waals surface area contributed by atoms with E-state index < -0.39 is 12.2 Å². The standard InChI is InChI=1S/C16H12F3N5O2/c1-2-13-23-15-11(5-9(7-22-24-20)6-12(15)25-13)10-3-4-14(21-8-10)26-16(17,18)19/h3-6,8H,2,7H2,1H3. The topological polar surface area (TPSA) is 96.9 Å². The van der Waals surface area contributed by atoms with Gasteiger partial charge in [-0.15, -0.1) is 13.2 Å². The van der Waals surface area contributed by atoms with Gasteiger partial charge in [-0.25, -0.2) is 9.97 Å². The van der Waals surface area contributed by atoms with Crippen molar-refractivity contribution in [3.63, 3.8) is 0 Å². The summed E-state index contributed by atoms with van der Waals surface area (Å²) >= 11 is 0. The Balaban J connectivity index is 2.07. The molecule has 2 heterocycles. The molecule has 0 saturated carbocycles. The van der Waals surface area contributed by atoms with Crippen molar-refractivity contribution in [2.75, 3.05) is 0 Å². The van der Waals surface area contributed by atoms with Gasteiger partial charge < -0.3 is 9.15 Å². The van der Waals surface area contributed by atoms with E-state index in [9.17, 15) is 13.2 Å². The number of rotatable bonds is 5. The molecule has 0 N–H and O–H groups in total. The molecule has 0 aliphatic rings. The maximum Gasteiger partial charge on any atom is 0.574 e. The minimum atomic E-state index is -4.81. The lowest BCUT2D eigenvalue weighted by atomic mass is 10.0. The highest BCUT2D eigenvalue weighted by molar-refractivity contribution is 5.91. The number of oxazole rings is 1. The van der Waals surface area contributed by atoms with Crippen LogP contribution >= 0.6 is 0 Å². The molecule has 0 fully saturated rings. The second-order valence-electron chi connectivity index (χ2n) is 5.27. The van der Waals surface area contributed by atoms with E-state index in [1.165, 1.54) is 12.3 Å². The van der Waals surface area contributed by atoms with Gasteiger partial charge in [0, 0.05) is 34.7 Å². The van der Waals surface area contributed by atoms with E-state index in [-0.39, 0.29) is 6.54 Å². The molecule has 1 aromatic carbocycles. The average Bonchev–Trinajstić information content (AvgIpc) is 3.02. The summed E-state index contributed by atoms with van der Waals surface area (Å²) in [5.74, 6) is -0.0377. The smallest absolute Gasteiger partial charge is 0.441 e. The summed E-state index contributed by atoms with van der Waals surface area (Å²) in [5, 5.41) is 3.52. The SMILES string of the molecule is CCc1nc2c(-c3ccc(OC(F)(F)F)nc3)cc(CN=[N+]=[N-])cc2o1. The number of ether oxygens (including phenoxy) is 1. The van der Waals surface area contributed by atoms with Gasteiger partial charge >= 0.3 is 6.36 Å². The number of benzene rings is 1. The summed E-state index contributed by atoms with van der Waals surface area (Å²) < 4.78 is 46.2. The number of azide groups is 1. The summed E-state index contributed by atoms with van der Waals surface area (Å²) in [6, 6.07) is 6.02. The molecule has 0 amide bonds. The molecule has 10 heteroatoms. The number of fused-ring (bicyclic) bond motifs is 1. The van der Waals surface area contributed by atoms with Crippen molar-refractivity contribution in [3.8, 4) is 17.0 Å². The zero-order chi connectivity index (χ0) is 18.7. The van der Waals surface area contributed by atoms with Crippen molar-refractivity contribution < 1.29 is 22.3 Å². The minimum Gasteiger partial charge on any atom is -0.441 e. The molecule has 0 radical (unpaired) electrons. The molecule has 7 nitrogen and oxygen atoms in total. The van der Waals surface area contributed by atoms with Crippen LogP contribution in [0, 0.1) is 0 Å². The van der Waals surface area contributed by atoms with E-state index in [0.29, 0.717) is 40.1 Å². The van der Waals surface area contributed by atoms with E-state index in [4.69, 9.17) is 9.95 Å². The summed E-state index contributed by atoms with van der Waals surface area (Å²) in [7, 11) is 0. The molecule has 134 valence electrons. The Morgan fingerprint density at radius 3 is 2.73 bits per heavy atom. The zero-order valence-corrected chi connectivity index (χ0v) is 13.5. The van der Waals surface area contributed by atoms with E-state index in [1.807, 2.05) is 6.92 Å². The van der Waals surface area contributed by atoms with E-state index >= 15 is 0 Å². The highest BCUT2D eigenvalue weighted by atomic mass is 19.4. The molecule has 0 aliphatic heterocycles. The minimum absolute atomic E-state index is 0.101. The third-order valence-corrected chi connectivity index (χ3v) is 3.49. The van der Waals surface area contributed by atoms with Crippen molar-refractivity contribution in [1.29, 1.82) is 0 Å². The second-order valence-corrected chi connectivity index (χ2v) is 5.27. The number of nitrogens with zero attached hydrogens (tertiary/aromatic N) is 5. The lowest BCUT2D eigenvalue weighted by molar-refractivity contribution is -0.276. The number of hydrogen-bond acceptors (Lipinski definition) is 5. The number of pyridine rings is 1. The fraction of sp³-hybridized carbons (Fsp3) is 0.250. The van der Waals surface area contributed by atoms with Crippen LogP contribution in [0.5, 0.6) is 5.88 Å². The summed E-state index contributed by atoms with van der Waals surface area (Å²) in [6.45, 7) is 1.99. The van der Waals surface area contributed by atoms with Gasteiger partial charge in [-0.2, -0.15) is 0 Å². The molecule has 26 heavy (non-hydrogen) atoms. The Bertz CT molecular complexity index is 976. The van der Waals surface area contributed by atoms with E-state index in [0.717, 1.165) is 6.07 Å². The van der Waals surface area contributed by atoms with Crippen LogP contribution in [0.1, 0.15) is 18.4 Å². The molecule has 0 unspecified atom stereocenters. The number of hydrogen-bond donors (Lipinski definition) is 0. The quantitative estimate of drug-likeness (QED) is 0.355. The normalized spacial score (nSPS) is 11.4. The predicted molar refractivity (Wildman–Crippen MR) is 86.2 cm³/mol. The molecule has 3 rings (SSSR count). The monoisotopic (exact) mass is 363 g/mol. The van der Waals surface area contributed by atoms with Crippen LogP contribution in [0.3, 0.4) is 0 Å². The lowest BCUT2D eigenvalue weighted by Gasteiger charge is -2.09. The van der Waals surface area contributed by atoms with Crippen LogP contribution < -0.4 is 4.74 Å². The Labute approximate surface area is 145 Å². The first kappa shape index (κ1) is 17.6. The zero-order valence-electron chi connectivity index (χ0n) is 13.5. The third-order valence-electron chi connectivity index (χ3n) is 3.49. The van der Waals surface area contributed by atoms with Crippen molar-refractivity contribution >= 4 is 11.1 Å². The van der Waals surface area contributed by atoms with Gasteiger partial charge in [-0.3, -0.25) is 0 Å². The van der Waals surface area contributed by atoms with E-state index in [2.05, 4.69) is 24.7 Å². The van der Waals surface area contributed by atoms with Crippen LogP contribution in [0.15, 0.2) is 40.0 Å². The van der Waals surface area contributed by atoms with Crippen LogP contribution in [-0.4, -0.2) is 16.3 Å². The summed E-state index contributed by atoms with van der Waals surface area (Å²) in [6.07, 6.45) is -2.97. The fourth-order valence-corrected chi connectivity index (χ4v) is 2.43. The second kappa shape index (κ2) is 6.93. The number of aryl methyl sites for hydroxylation is 1. The van der Waals surface area contributed by atoms with Crippen LogP contribution in [0.4, 0.5) is 13.2 Å². The Morgan fingerprint density at radius 1 is 1.31 bits per heavy atom. The first-order chi connectivity index (χ1) is 12.4. The summed E-state index contributed by atoms with van der Waals surface area (Å²) in [5.41, 5.74) is 11.4. The Morgan fingerprint density at radius 2 is 2.12 bits per heavy atom. The number of alkyl halides is 3. The van der Waals surface area contributed by atoms with Gasteiger partial charge in [-0.1, -0.05) is 12.0 Å². The molecule has 3 aromatic rings. The maximum atomic E-state index is 12.3. The van der Waals surface area contributed by atoms with Crippen LogP contribution in [0.2, 0.25) is 0 Å². The number of aromatic nitrogens is 2. The fourth-order valence-electron chi connectivity index (χ4n) is 2.43. The molecule has 0 saturated heterocycles. The van der Waals surface area contributed by atoms with Crippen molar-refractivity contribution in [1.82, 2.24) is 9.97 Å². The maximum absolute atomic E-state index is 12.3. The molecule has 0 atom stereocenters. The third kappa shape index (κ3) is 3.86. The molecule has 2 aromatic heterocycles. The Kier molecular flexibility index (Phi) is 4.68. The molecule has 0 spiro atoms. The summed E-state index contributed by atoms with van der Waals surface area (Å²) in [4.78, 5) is 10.8. The molecular formula is C16H12F3N5O2. The van der Waals surface area contributed by atoms with Gasteiger partial charge in [0.05, 0.1) is 6.54 Å². The van der Waals surface area contributed by atoms with E-state index in [1.54, 1.807) is 12.1 Å². The Hall–Kier alpha value is -3.26. The van der Waals surface area contributed by atoms with Crippen molar-refractivity contribution in [3.05, 3.63) is 52.4 Å². The van der Waals surface area contributed by atoms with Crippen molar-refractivity contribution in [2.45, 2.75) is 26.3 Å². The van der Waals surface area contributed by atoms with Crippen molar-refractivity contribution in [2.24, 2.45) is 5.11 Å². The highest BCUT2D eigenvalue weighted by Crippen LogP contribution is 2.32. The first-order valence-corrected chi connectivity index (χ1v) is 7.55. The van der Waals surface area contributed by atoms with Gasteiger partial charge in [0.2, 0.25) is 5.88 Å². The largest absolute Gasteiger partial charge is 0.574 e. The molecular weight excluding hydrogens is 351 g/mol. The lowest BCUT2D eigenvalue weighted by Crippen LogP contribution is -2.17. The van der Waals surface area contributed by atoms with Gasteiger partial charge in [0.25, 0.3) is 0 Å². The average molecular weight is 363 g/mol. The van der Waals surface area contributed by atoms with Crippen LogP contribution in [0.25, 0.3) is 32.7 Å². The van der Waals surface area contributed by atoms with Gasteiger partial charge in [0.1, 0.15) is 5.52 Å². The first-order valence-electron chi connectivity index (χ1n) is 7.55. The number of halogens is 3. The van der Waals surface area contributed by atoms with Crippen LogP contribution in [-0.2, 0) is 13.0 Å². The predicted octanol–water partition coefficient (Wildman–Crippen LogP) is 5.16. The van der Waals surface area contributed by atoms with Gasteiger partial charge in [0.15, 0.2) is 11.5 Å². The molecule has 0 aliphatic carbocycles.